The van der Waals surface area contributed by atoms with Gasteiger partial charge in [0.2, 0.25) is 0 Å². The number of nitrogens with one attached hydrogen (secondary N) is 4. The molecule has 0 bridgehead atoms. The summed E-state index contributed by atoms with van der Waals surface area (Å²) < 4.78 is 0. The van der Waals surface area contributed by atoms with E-state index in [-0.39, 0.29) is 17.9 Å². The van der Waals surface area contributed by atoms with Gasteiger partial charge in [-0.1, -0.05) is 18.2 Å². The molecular weight excluding hydrogens is 444 g/mol. The minimum absolute atomic E-state index is 0.146. The van der Waals surface area contributed by atoms with E-state index < -0.39 is 0 Å². The molecule has 2 aromatic heterocycles. The van der Waals surface area contributed by atoms with Crippen LogP contribution in [0.4, 0.5) is 5.69 Å². The highest BCUT2D eigenvalue weighted by atomic mass is 16.2. The number of hydrogen-bond donors (Lipinski definition) is 4. The van der Waals surface area contributed by atoms with Gasteiger partial charge in [-0.15, -0.1) is 0 Å². The number of hydrazine groups is 1. The second kappa shape index (κ2) is 9.69. The number of aromatic nitrogens is 4. The summed E-state index contributed by atoms with van der Waals surface area (Å²) in [5.41, 5.74) is 7.11. The maximum Gasteiger partial charge on any atom is 0.272 e. The average molecular weight is 473 g/mol. The molecule has 1 aliphatic rings. The summed E-state index contributed by atoms with van der Waals surface area (Å²) >= 11 is 0. The highest BCUT2D eigenvalue weighted by molar-refractivity contribution is 6.07. The molecule has 10 heteroatoms. The van der Waals surface area contributed by atoms with Gasteiger partial charge in [0.1, 0.15) is 11.4 Å². The number of likely N-dealkylation sites (tertiary alicyclic amines) is 1. The topological polar surface area (TPSA) is 122 Å². The third-order valence-electron chi connectivity index (χ3n) is 6.32. The quantitative estimate of drug-likeness (QED) is 0.320. The second-order valence-electron chi connectivity index (χ2n) is 8.74. The Morgan fingerprint density at radius 2 is 1.86 bits per heavy atom. The Kier molecular flexibility index (Phi) is 6.30. The van der Waals surface area contributed by atoms with Crippen LogP contribution in [0.15, 0.2) is 54.7 Å². The largest absolute Gasteiger partial charge is 0.355 e. The molecule has 10 nitrogen and oxygen atoms in total. The van der Waals surface area contributed by atoms with Crippen LogP contribution in [-0.4, -0.2) is 70.1 Å². The first kappa shape index (κ1) is 22.8. The fourth-order valence-corrected chi connectivity index (χ4v) is 4.30. The Balaban J connectivity index is 1.51. The number of anilines is 1. The number of rotatable bonds is 6. The third kappa shape index (κ3) is 4.66. The molecule has 1 aliphatic heterocycles. The molecule has 0 radical (unpaired) electrons. The van der Waals surface area contributed by atoms with Crippen LogP contribution in [0.1, 0.15) is 33.6 Å². The minimum atomic E-state index is -0.180. The van der Waals surface area contributed by atoms with Crippen molar-refractivity contribution in [1.82, 2.24) is 35.8 Å². The summed E-state index contributed by atoms with van der Waals surface area (Å²) in [6.45, 7) is 1.92. The van der Waals surface area contributed by atoms with Crippen molar-refractivity contribution >= 4 is 28.5 Å². The number of carbonyl (C=O) groups excluding carboxylic acids is 2. The molecule has 0 unspecified atom stereocenters. The number of hydrogen-bond acceptors (Lipinski definition) is 6. The molecule has 2 amide bonds. The van der Waals surface area contributed by atoms with Crippen LogP contribution in [-0.2, 0) is 0 Å². The van der Waals surface area contributed by atoms with Crippen LogP contribution in [0.3, 0.4) is 0 Å². The van der Waals surface area contributed by atoms with Gasteiger partial charge in [0.25, 0.3) is 11.8 Å². The smallest absolute Gasteiger partial charge is 0.272 e. The van der Waals surface area contributed by atoms with Crippen molar-refractivity contribution in [1.29, 1.82) is 0 Å². The first-order valence-corrected chi connectivity index (χ1v) is 11.6. The number of imidazole rings is 1. The van der Waals surface area contributed by atoms with E-state index in [2.05, 4.69) is 42.9 Å². The Morgan fingerprint density at radius 3 is 2.60 bits per heavy atom. The molecule has 5 rings (SSSR count). The predicted molar refractivity (Wildman–Crippen MR) is 134 cm³/mol. The van der Waals surface area contributed by atoms with E-state index in [1.54, 1.807) is 42.5 Å². The summed E-state index contributed by atoms with van der Waals surface area (Å²) in [5.74, 6) is 0.170. The lowest BCUT2D eigenvalue weighted by molar-refractivity contribution is 0.0955. The molecule has 1 fully saturated rings. The Hall–Kier alpha value is -4.02. The molecule has 0 spiro atoms. The first-order valence-electron chi connectivity index (χ1n) is 11.6. The Morgan fingerprint density at radius 1 is 1.09 bits per heavy atom. The van der Waals surface area contributed by atoms with Crippen LogP contribution in [0, 0.1) is 0 Å². The monoisotopic (exact) mass is 472 g/mol. The number of aromatic amines is 2. The normalized spacial score (nSPS) is 14.8. The molecule has 180 valence electrons. The lowest BCUT2D eigenvalue weighted by Gasteiger charge is -2.34. The molecule has 1 saturated heterocycles. The summed E-state index contributed by atoms with van der Waals surface area (Å²) in [4.78, 5) is 35.9. The van der Waals surface area contributed by atoms with E-state index in [1.165, 1.54) is 0 Å². The number of fused-ring (bicyclic) bond motifs is 1. The van der Waals surface area contributed by atoms with E-state index in [4.69, 9.17) is 0 Å². The number of nitrogens with zero attached hydrogens (tertiary/aromatic N) is 4. The van der Waals surface area contributed by atoms with Gasteiger partial charge < -0.3 is 15.2 Å². The predicted octanol–water partition coefficient (Wildman–Crippen LogP) is 2.56. The van der Waals surface area contributed by atoms with Crippen molar-refractivity contribution in [2.24, 2.45) is 0 Å². The van der Waals surface area contributed by atoms with Crippen molar-refractivity contribution in [2.75, 3.05) is 32.2 Å². The zero-order valence-corrected chi connectivity index (χ0v) is 19.7. The number of amides is 2. The van der Waals surface area contributed by atoms with Gasteiger partial charge in [-0.25, -0.2) is 15.4 Å². The van der Waals surface area contributed by atoms with Gasteiger partial charge in [0.05, 0.1) is 17.2 Å². The van der Waals surface area contributed by atoms with Crippen molar-refractivity contribution in [3.8, 4) is 11.5 Å². The lowest BCUT2D eigenvalue weighted by Crippen LogP contribution is -2.52. The maximum absolute atomic E-state index is 13.6. The average Bonchev–Trinajstić information content (AvgIpc) is 3.54. The Labute approximate surface area is 202 Å². The number of piperidine rings is 1. The summed E-state index contributed by atoms with van der Waals surface area (Å²) in [6, 6.07) is 14.6. The zero-order valence-electron chi connectivity index (χ0n) is 19.7. The van der Waals surface area contributed by atoms with Gasteiger partial charge in [-0.05, 0) is 63.3 Å². The fraction of sp³-hybridized carbons (Fsp3) is 0.280. The van der Waals surface area contributed by atoms with Crippen molar-refractivity contribution in [2.45, 2.75) is 18.9 Å². The van der Waals surface area contributed by atoms with Gasteiger partial charge in [0, 0.05) is 24.2 Å². The summed E-state index contributed by atoms with van der Waals surface area (Å²) in [7, 11) is 3.70. The first-order chi connectivity index (χ1) is 17.0. The standard InChI is InChI=1S/C25H28N8O2/c1-26-24(34)17-8-9-19-20(14-17)29-23(28-19)22-21(15-27-30-22)33(25(35)16-6-4-3-5-7-16)31-18-10-12-32(2)13-11-18/h3-9,14-15,18,31H,10-13H2,1-2H3,(H,26,34)(H,27,30)(H,28,29). The van der Waals surface area contributed by atoms with E-state index in [9.17, 15) is 9.59 Å². The van der Waals surface area contributed by atoms with Gasteiger partial charge in [0.15, 0.2) is 5.82 Å². The van der Waals surface area contributed by atoms with E-state index in [0.29, 0.717) is 33.8 Å². The van der Waals surface area contributed by atoms with E-state index >= 15 is 0 Å². The van der Waals surface area contributed by atoms with Gasteiger partial charge in [-0.2, -0.15) is 5.10 Å². The van der Waals surface area contributed by atoms with Gasteiger partial charge in [-0.3, -0.25) is 14.7 Å². The second-order valence-corrected chi connectivity index (χ2v) is 8.74. The minimum Gasteiger partial charge on any atom is -0.355 e. The molecule has 2 aromatic carbocycles. The van der Waals surface area contributed by atoms with Gasteiger partial charge >= 0.3 is 0 Å². The molecule has 0 atom stereocenters. The SMILES string of the molecule is CNC(=O)c1ccc2[nH]c(-c3[nH]ncc3N(NC3CCN(C)CC3)C(=O)c3ccccc3)nc2c1. The fourth-order valence-electron chi connectivity index (χ4n) is 4.30. The lowest BCUT2D eigenvalue weighted by atomic mass is 10.1. The molecule has 4 aromatic rings. The molecule has 4 N–H and O–H groups in total. The molecule has 3 heterocycles. The van der Waals surface area contributed by atoms with Crippen LogP contribution in [0.5, 0.6) is 0 Å². The molecular formula is C25H28N8O2. The summed E-state index contributed by atoms with van der Waals surface area (Å²) in [5, 5.41) is 11.4. The Bertz CT molecular complexity index is 1340. The molecule has 35 heavy (non-hydrogen) atoms. The molecule has 0 aliphatic carbocycles. The van der Waals surface area contributed by atoms with Crippen molar-refractivity contribution in [3.63, 3.8) is 0 Å². The van der Waals surface area contributed by atoms with Crippen LogP contribution in [0.25, 0.3) is 22.6 Å². The van der Waals surface area contributed by atoms with Crippen molar-refractivity contribution < 1.29 is 9.59 Å². The van der Waals surface area contributed by atoms with E-state index in [0.717, 1.165) is 31.4 Å². The highest BCUT2D eigenvalue weighted by Crippen LogP contribution is 2.29. The molecule has 0 saturated carbocycles. The highest BCUT2D eigenvalue weighted by Gasteiger charge is 2.28. The van der Waals surface area contributed by atoms with Crippen LogP contribution in [0.2, 0.25) is 0 Å². The maximum atomic E-state index is 13.6. The number of H-pyrrole nitrogens is 2. The summed E-state index contributed by atoms with van der Waals surface area (Å²) in [6.07, 6.45) is 3.48. The zero-order chi connectivity index (χ0) is 24.4. The van der Waals surface area contributed by atoms with Crippen LogP contribution >= 0.6 is 0 Å². The van der Waals surface area contributed by atoms with Crippen LogP contribution < -0.4 is 15.8 Å². The number of benzene rings is 2. The third-order valence-corrected chi connectivity index (χ3v) is 6.32. The van der Waals surface area contributed by atoms with E-state index in [1.807, 2.05) is 24.3 Å². The van der Waals surface area contributed by atoms with Crippen molar-refractivity contribution in [3.05, 3.63) is 65.9 Å². The number of carbonyl (C=O) groups is 2.